The molecular formula is C66H46N2. The van der Waals surface area contributed by atoms with E-state index in [9.17, 15) is 0 Å². The summed E-state index contributed by atoms with van der Waals surface area (Å²) in [7, 11) is 0. The van der Waals surface area contributed by atoms with Crippen molar-refractivity contribution in [2.24, 2.45) is 0 Å². The molecule has 0 spiro atoms. The number of fused-ring (bicyclic) bond motifs is 3. The smallest absolute Gasteiger partial charge is 0.0547 e. The highest BCUT2D eigenvalue weighted by Crippen LogP contribution is 2.46. The lowest BCUT2D eigenvalue weighted by molar-refractivity contribution is 1.18. The average molecular weight is 867 g/mol. The molecule has 0 N–H and O–H groups in total. The summed E-state index contributed by atoms with van der Waals surface area (Å²) in [5, 5.41) is 2.50. The molecule has 12 rings (SSSR count). The molecule has 1 aromatic heterocycles. The Bertz CT molecular complexity index is 3700. The largest absolute Gasteiger partial charge is 0.310 e. The topological polar surface area (TPSA) is 8.17 Å². The number of rotatable bonds is 10. The molecule has 0 saturated carbocycles. The maximum atomic E-state index is 2.42. The molecule has 0 atom stereocenters. The molecule has 0 aliphatic heterocycles. The van der Waals surface area contributed by atoms with Gasteiger partial charge in [-0.15, -0.1) is 0 Å². The summed E-state index contributed by atoms with van der Waals surface area (Å²) in [5.74, 6) is 0. The van der Waals surface area contributed by atoms with Gasteiger partial charge in [-0.05, 0) is 116 Å². The Hall–Kier alpha value is -8.98. The van der Waals surface area contributed by atoms with Gasteiger partial charge in [-0.25, -0.2) is 0 Å². The summed E-state index contributed by atoms with van der Waals surface area (Å²) in [5.41, 5.74) is 21.0. The van der Waals surface area contributed by atoms with Crippen LogP contribution in [0.1, 0.15) is 0 Å². The Balaban J connectivity index is 0.997. The van der Waals surface area contributed by atoms with Crippen molar-refractivity contribution in [2.45, 2.75) is 0 Å². The first-order valence-electron chi connectivity index (χ1n) is 23.3. The molecular weight excluding hydrogens is 821 g/mol. The standard InChI is InChI=1S/C66H46N2/c1-4-20-48(21-5-1)55-26-10-11-27-56(55)50-38-43-54(44-39-50)67(64-34-18-16-32-61(64)60-31-15-14-30-59(60)58-29-13-12-28-57(58)49-22-6-2-7-23-49)53-41-36-47(37-42-53)51-40-45-63-62-33-17-19-35-65(62)68(66(63)46-51)52-24-8-3-9-25-52/h1-46H. The third-order valence-corrected chi connectivity index (χ3v) is 13.3. The van der Waals surface area contributed by atoms with E-state index in [2.05, 4.69) is 289 Å². The number of nitrogens with zero attached hydrogens (tertiary/aromatic N) is 2. The zero-order valence-corrected chi connectivity index (χ0v) is 37.5. The van der Waals surface area contributed by atoms with Gasteiger partial charge in [0.2, 0.25) is 0 Å². The lowest BCUT2D eigenvalue weighted by Crippen LogP contribution is -2.11. The third-order valence-electron chi connectivity index (χ3n) is 13.3. The summed E-state index contributed by atoms with van der Waals surface area (Å²) in [6.07, 6.45) is 0. The molecule has 0 aliphatic rings. The Kier molecular flexibility index (Phi) is 10.6. The van der Waals surface area contributed by atoms with Gasteiger partial charge >= 0.3 is 0 Å². The van der Waals surface area contributed by atoms with Gasteiger partial charge in [-0.1, -0.05) is 224 Å². The fraction of sp³-hybridized carbons (Fsp3) is 0. The van der Waals surface area contributed by atoms with Crippen LogP contribution in [0.15, 0.2) is 279 Å². The van der Waals surface area contributed by atoms with Crippen LogP contribution in [0.2, 0.25) is 0 Å². The normalized spacial score (nSPS) is 11.2. The lowest BCUT2D eigenvalue weighted by atomic mass is 9.88. The maximum Gasteiger partial charge on any atom is 0.0547 e. The molecule has 0 fully saturated rings. The molecule has 320 valence electrons. The highest BCUT2D eigenvalue weighted by Gasteiger charge is 2.21. The molecule has 0 unspecified atom stereocenters. The Labute approximate surface area is 397 Å². The molecule has 0 radical (unpaired) electrons. The Morgan fingerprint density at radius 1 is 0.235 bits per heavy atom. The average Bonchev–Trinajstić information content (AvgIpc) is 3.76. The molecule has 68 heavy (non-hydrogen) atoms. The summed E-state index contributed by atoms with van der Waals surface area (Å²) in [4.78, 5) is 2.42. The number of aromatic nitrogens is 1. The van der Waals surface area contributed by atoms with Crippen molar-refractivity contribution in [1.29, 1.82) is 0 Å². The molecule has 11 aromatic carbocycles. The summed E-state index contributed by atoms with van der Waals surface area (Å²) in [6, 6.07) is 101. The van der Waals surface area contributed by atoms with Crippen molar-refractivity contribution in [2.75, 3.05) is 4.90 Å². The van der Waals surface area contributed by atoms with Crippen LogP contribution in [-0.2, 0) is 0 Å². The first kappa shape index (κ1) is 40.5. The number of hydrogen-bond donors (Lipinski definition) is 0. The van der Waals surface area contributed by atoms with Gasteiger partial charge in [0.25, 0.3) is 0 Å². The number of anilines is 3. The van der Waals surface area contributed by atoms with Crippen molar-refractivity contribution in [1.82, 2.24) is 4.57 Å². The maximum absolute atomic E-state index is 2.42. The van der Waals surface area contributed by atoms with Crippen molar-refractivity contribution >= 4 is 38.9 Å². The van der Waals surface area contributed by atoms with E-state index in [0.717, 1.165) is 33.9 Å². The zero-order valence-electron chi connectivity index (χ0n) is 37.5. The minimum atomic E-state index is 1.07. The number of benzene rings is 11. The predicted octanol–water partition coefficient (Wildman–Crippen LogP) is 18.3. The summed E-state index contributed by atoms with van der Waals surface area (Å²) in [6.45, 7) is 0. The van der Waals surface area contributed by atoms with E-state index in [1.54, 1.807) is 0 Å². The molecule has 0 amide bonds. The van der Waals surface area contributed by atoms with Gasteiger partial charge in [0.05, 0.1) is 16.7 Å². The second kappa shape index (κ2) is 17.8. The van der Waals surface area contributed by atoms with Gasteiger partial charge in [-0.2, -0.15) is 0 Å². The van der Waals surface area contributed by atoms with Crippen LogP contribution < -0.4 is 4.90 Å². The minimum Gasteiger partial charge on any atom is -0.310 e. The second-order valence-electron chi connectivity index (χ2n) is 17.2. The first-order chi connectivity index (χ1) is 33.8. The minimum absolute atomic E-state index is 1.07. The van der Waals surface area contributed by atoms with Crippen LogP contribution in [-0.4, -0.2) is 4.57 Å². The van der Waals surface area contributed by atoms with Gasteiger partial charge in [0, 0.05) is 33.4 Å². The molecule has 2 heteroatoms. The highest BCUT2D eigenvalue weighted by molar-refractivity contribution is 6.10. The van der Waals surface area contributed by atoms with Crippen molar-refractivity contribution in [3.05, 3.63) is 279 Å². The summed E-state index contributed by atoms with van der Waals surface area (Å²) < 4.78 is 2.39. The van der Waals surface area contributed by atoms with Gasteiger partial charge in [-0.3, -0.25) is 0 Å². The number of hydrogen-bond acceptors (Lipinski definition) is 1. The Morgan fingerprint density at radius 3 is 1.21 bits per heavy atom. The van der Waals surface area contributed by atoms with Crippen LogP contribution in [0.3, 0.4) is 0 Å². The molecule has 1 heterocycles. The first-order valence-corrected chi connectivity index (χ1v) is 23.3. The van der Waals surface area contributed by atoms with Gasteiger partial charge in [0.15, 0.2) is 0 Å². The Morgan fingerprint density at radius 2 is 0.618 bits per heavy atom. The van der Waals surface area contributed by atoms with Crippen LogP contribution in [0.25, 0.3) is 94.3 Å². The molecule has 0 aliphatic carbocycles. The molecule has 0 bridgehead atoms. The monoisotopic (exact) mass is 866 g/mol. The van der Waals surface area contributed by atoms with E-state index in [1.165, 1.54) is 77.4 Å². The van der Waals surface area contributed by atoms with Crippen molar-refractivity contribution in [3.63, 3.8) is 0 Å². The third kappa shape index (κ3) is 7.45. The zero-order chi connectivity index (χ0) is 45.2. The van der Waals surface area contributed by atoms with E-state index in [-0.39, 0.29) is 0 Å². The second-order valence-corrected chi connectivity index (χ2v) is 17.2. The molecule has 0 saturated heterocycles. The fourth-order valence-electron chi connectivity index (χ4n) is 10.1. The lowest BCUT2D eigenvalue weighted by Gasteiger charge is -2.29. The van der Waals surface area contributed by atoms with Crippen LogP contribution in [0.4, 0.5) is 17.1 Å². The van der Waals surface area contributed by atoms with Crippen molar-refractivity contribution in [3.8, 4) is 72.4 Å². The summed E-state index contributed by atoms with van der Waals surface area (Å²) >= 11 is 0. The van der Waals surface area contributed by atoms with E-state index in [4.69, 9.17) is 0 Å². The van der Waals surface area contributed by atoms with Crippen LogP contribution in [0.5, 0.6) is 0 Å². The fourth-order valence-corrected chi connectivity index (χ4v) is 10.1. The predicted molar refractivity (Wildman–Crippen MR) is 288 cm³/mol. The van der Waals surface area contributed by atoms with E-state index < -0.39 is 0 Å². The van der Waals surface area contributed by atoms with E-state index in [0.29, 0.717) is 0 Å². The molecule has 2 nitrogen and oxygen atoms in total. The molecule has 12 aromatic rings. The van der Waals surface area contributed by atoms with Crippen LogP contribution in [0, 0.1) is 0 Å². The van der Waals surface area contributed by atoms with Gasteiger partial charge < -0.3 is 9.47 Å². The van der Waals surface area contributed by atoms with E-state index in [1.807, 2.05) is 0 Å². The van der Waals surface area contributed by atoms with E-state index >= 15 is 0 Å². The highest BCUT2D eigenvalue weighted by atomic mass is 15.1. The SMILES string of the molecule is c1ccc(-c2ccccc2-c2ccc(N(c3ccc(-c4ccc5c6ccccc6n(-c6ccccc6)c5c4)cc3)c3ccccc3-c3ccccc3-c3ccccc3-c3ccccc3)cc2)cc1. The van der Waals surface area contributed by atoms with Crippen LogP contribution >= 0.6 is 0 Å². The number of para-hydroxylation sites is 3. The van der Waals surface area contributed by atoms with Crippen molar-refractivity contribution < 1.29 is 0 Å². The van der Waals surface area contributed by atoms with Gasteiger partial charge in [0.1, 0.15) is 0 Å². The quantitative estimate of drug-likeness (QED) is 0.133.